The molecule has 0 saturated carbocycles. The van der Waals surface area contributed by atoms with Crippen molar-refractivity contribution in [3.05, 3.63) is 70.8 Å². The summed E-state index contributed by atoms with van der Waals surface area (Å²) in [6.07, 6.45) is -0.304. The van der Waals surface area contributed by atoms with Crippen LogP contribution in [0.15, 0.2) is 53.6 Å². The van der Waals surface area contributed by atoms with Crippen LogP contribution < -0.4 is 28.4 Å². The number of fused-ring (bicyclic) bond motifs is 4. The van der Waals surface area contributed by atoms with Gasteiger partial charge >= 0.3 is 5.97 Å². The Morgan fingerprint density at radius 2 is 1.78 bits per heavy atom. The maximum absolute atomic E-state index is 12.5. The van der Waals surface area contributed by atoms with Gasteiger partial charge in [-0.25, -0.2) is 9.80 Å². The third-order valence-corrected chi connectivity index (χ3v) is 6.76. The van der Waals surface area contributed by atoms with Gasteiger partial charge in [0.2, 0.25) is 13.0 Å². The van der Waals surface area contributed by atoms with E-state index in [1.54, 1.807) is 24.3 Å². The summed E-state index contributed by atoms with van der Waals surface area (Å²) in [6, 6.07) is 14.5. The van der Waals surface area contributed by atoms with Crippen LogP contribution in [0.4, 0.5) is 0 Å². The average molecular weight is 504 g/mol. The summed E-state index contributed by atoms with van der Waals surface area (Å²) in [5.41, 5.74) is 2.91. The van der Waals surface area contributed by atoms with E-state index in [0.717, 1.165) is 16.8 Å². The highest BCUT2D eigenvalue weighted by molar-refractivity contribution is 6.02. The number of carbonyl (C=O) groups is 1. The van der Waals surface area contributed by atoms with Crippen molar-refractivity contribution in [1.29, 1.82) is 0 Å². The number of benzene rings is 3. The van der Waals surface area contributed by atoms with E-state index in [1.807, 2.05) is 36.4 Å². The van der Waals surface area contributed by atoms with Gasteiger partial charge < -0.3 is 33.5 Å². The molecule has 0 amide bonds. The lowest BCUT2D eigenvalue weighted by atomic mass is 9.94. The summed E-state index contributed by atoms with van der Waals surface area (Å²) in [6.45, 7) is 0.181. The lowest BCUT2D eigenvalue weighted by Gasteiger charge is -2.39. The van der Waals surface area contributed by atoms with E-state index >= 15 is 0 Å². The van der Waals surface area contributed by atoms with Crippen LogP contribution >= 0.6 is 0 Å². The fraction of sp³-hybridized carbons (Fsp3) is 0.259. The normalized spacial score (nSPS) is 18.9. The van der Waals surface area contributed by atoms with Crippen molar-refractivity contribution in [3.8, 4) is 34.5 Å². The number of para-hydroxylation sites is 1. The third-order valence-electron chi connectivity index (χ3n) is 6.76. The van der Waals surface area contributed by atoms with Gasteiger partial charge in [0, 0.05) is 23.1 Å². The minimum atomic E-state index is -1.17. The molecule has 3 aliphatic heterocycles. The molecule has 0 radical (unpaired) electrons. The highest BCUT2D eigenvalue weighted by Gasteiger charge is 2.44. The van der Waals surface area contributed by atoms with Gasteiger partial charge in [0.15, 0.2) is 34.5 Å². The third kappa shape index (κ3) is 3.55. The van der Waals surface area contributed by atoms with E-state index in [0.29, 0.717) is 40.7 Å². The lowest BCUT2D eigenvalue weighted by Crippen LogP contribution is -2.35. The predicted octanol–water partition coefficient (Wildman–Crippen LogP) is 4.38. The molecule has 190 valence electrons. The maximum Gasteiger partial charge on any atom is 0.340 e. The molecule has 0 spiro atoms. The summed E-state index contributed by atoms with van der Waals surface area (Å²) in [5.74, 6) is 1.69. The van der Waals surface area contributed by atoms with E-state index in [1.165, 1.54) is 14.2 Å². The van der Waals surface area contributed by atoms with Crippen LogP contribution in [0.1, 0.15) is 45.7 Å². The van der Waals surface area contributed by atoms with Crippen LogP contribution in [0.5, 0.6) is 34.5 Å². The molecule has 0 unspecified atom stereocenters. The van der Waals surface area contributed by atoms with E-state index in [2.05, 4.69) is 0 Å². The molecule has 37 heavy (non-hydrogen) atoms. The Morgan fingerprint density at radius 3 is 2.54 bits per heavy atom. The van der Waals surface area contributed by atoms with Gasteiger partial charge in [0.1, 0.15) is 5.56 Å². The van der Waals surface area contributed by atoms with Gasteiger partial charge in [0.05, 0.1) is 33.1 Å². The van der Waals surface area contributed by atoms with Gasteiger partial charge in [-0.1, -0.05) is 12.1 Å². The Labute approximate surface area is 212 Å². The first-order valence-corrected chi connectivity index (χ1v) is 11.6. The molecule has 0 fully saturated rings. The number of methoxy groups -OCH3 is 3. The summed E-state index contributed by atoms with van der Waals surface area (Å²) in [4.78, 5) is 12.5. The van der Waals surface area contributed by atoms with Crippen molar-refractivity contribution < 1.29 is 38.3 Å². The summed E-state index contributed by atoms with van der Waals surface area (Å²) in [5, 5.41) is 16.9. The molecule has 0 bridgehead atoms. The first-order chi connectivity index (χ1) is 18.0. The van der Waals surface area contributed by atoms with Crippen LogP contribution in [-0.2, 0) is 0 Å². The fourth-order valence-corrected chi connectivity index (χ4v) is 5.07. The molecular formula is C27H24N2O8. The van der Waals surface area contributed by atoms with Crippen LogP contribution in [0.2, 0.25) is 0 Å². The van der Waals surface area contributed by atoms with E-state index < -0.39 is 12.2 Å². The number of ether oxygens (including phenoxy) is 6. The Hall–Kier alpha value is -4.60. The standard InChI is InChI=1S/C27H24N2O8/c1-32-20-6-4-5-15-18-12-17(14-7-9-19-22(11-14)36-13-35-19)28-29(18)26(37-24(15)20)16-8-10-21(33-2)25(34-3)23(16)27(30)31/h4-11,18,26H,12-13H2,1-3H3,(H,30,31)/t18-,26+/m0/s1. The quantitative estimate of drug-likeness (QED) is 0.523. The first-order valence-electron chi connectivity index (χ1n) is 11.6. The van der Waals surface area contributed by atoms with Crippen LogP contribution in [-0.4, -0.2) is 49.9 Å². The minimum absolute atomic E-state index is 0.0596. The highest BCUT2D eigenvalue weighted by atomic mass is 16.7. The smallest absolute Gasteiger partial charge is 0.340 e. The molecular weight excluding hydrogens is 480 g/mol. The Morgan fingerprint density at radius 1 is 0.973 bits per heavy atom. The molecule has 3 heterocycles. The Balaban J connectivity index is 1.51. The molecule has 1 N–H and O–H groups in total. The predicted molar refractivity (Wildman–Crippen MR) is 131 cm³/mol. The van der Waals surface area contributed by atoms with E-state index in [4.69, 9.17) is 33.5 Å². The number of hydrogen-bond donors (Lipinski definition) is 1. The highest BCUT2D eigenvalue weighted by Crippen LogP contribution is 2.52. The molecule has 0 aromatic heterocycles. The van der Waals surface area contributed by atoms with Crippen molar-refractivity contribution in [2.45, 2.75) is 18.7 Å². The largest absolute Gasteiger partial charge is 0.493 e. The number of carboxylic acid groups (broad SMARTS) is 1. The zero-order valence-electron chi connectivity index (χ0n) is 20.4. The number of aromatic carboxylic acids is 1. The second-order valence-corrected chi connectivity index (χ2v) is 8.63. The van der Waals surface area contributed by atoms with Crippen molar-refractivity contribution in [2.24, 2.45) is 5.10 Å². The number of hydrazone groups is 1. The number of hydrogen-bond acceptors (Lipinski definition) is 9. The SMILES string of the molecule is COc1cccc2c1O[C@H](c1ccc(OC)c(OC)c1C(=O)O)N1N=C(c3ccc4c(c3)OCO4)C[C@@H]21. The second-order valence-electron chi connectivity index (χ2n) is 8.63. The lowest BCUT2D eigenvalue weighted by molar-refractivity contribution is -0.0217. The van der Waals surface area contributed by atoms with Gasteiger partial charge in [-0.05, 0) is 36.4 Å². The zero-order valence-corrected chi connectivity index (χ0v) is 20.4. The molecule has 0 aliphatic carbocycles. The molecule has 10 nitrogen and oxygen atoms in total. The summed E-state index contributed by atoms with van der Waals surface area (Å²) < 4.78 is 33.9. The maximum atomic E-state index is 12.5. The molecule has 10 heteroatoms. The van der Waals surface area contributed by atoms with Crippen molar-refractivity contribution in [1.82, 2.24) is 5.01 Å². The van der Waals surface area contributed by atoms with Gasteiger partial charge in [-0.3, -0.25) is 0 Å². The van der Waals surface area contributed by atoms with E-state index in [-0.39, 0.29) is 24.1 Å². The monoisotopic (exact) mass is 504 g/mol. The van der Waals surface area contributed by atoms with Crippen molar-refractivity contribution in [3.63, 3.8) is 0 Å². The molecule has 3 aliphatic rings. The van der Waals surface area contributed by atoms with Crippen LogP contribution in [0, 0.1) is 0 Å². The summed E-state index contributed by atoms with van der Waals surface area (Å²) in [7, 11) is 4.44. The molecule has 6 rings (SSSR count). The number of nitrogens with zero attached hydrogens (tertiary/aromatic N) is 2. The van der Waals surface area contributed by atoms with Gasteiger partial charge in [-0.15, -0.1) is 0 Å². The molecule has 0 saturated heterocycles. The first kappa shape index (κ1) is 22.8. The average Bonchev–Trinajstić information content (AvgIpc) is 3.58. The number of rotatable bonds is 6. The van der Waals surface area contributed by atoms with Crippen LogP contribution in [0.25, 0.3) is 0 Å². The minimum Gasteiger partial charge on any atom is -0.493 e. The molecule has 2 atom stereocenters. The van der Waals surface area contributed by atoms with Crippen molar-refractivity contribution in [2.75, 3.05) is 28.1 Å². The van der Waals surface area contributed by atoms with Crippen LogP contribution in [0.3, 0.4) is 0 Å². The van der Waals surface area contributed by atoms with Crippen molar-refractivity contribution >= 4 is 11.7 Å². The van der Waals surface area contributed by atoms with Gasteiger partial charge in [-0.2, -0.15) is 5.10 Å². The van der Waals surface area contributed by atoms with E-state index in [9.17, 15) is 9.90 Å². The molecule has 3 aromatic carbocycles. The zero-order chi connectivity index (χ0) is 25.7. The Bertz CT molecular complexity index is 1440. The topological polar surface area (TPSA) is 108 Å². The Kier molecular flexibility index (Phi) is 5.44. The fourth-order valence-electron chi connectivity index (χ4n) is 5.07. The second kappa shape index (κ2) is 8.81. The molecule has 3 aromatic rings. The summed E-state index contributed by atoms with van der Waals surface area (Å²) >= 11 is 0. The number of carboxylic acids is 1. The van der Waals surface area contributed by atoms with Gasteiger partial charge in [0.25, 0.3) is 0 Å².